The molecule has 2 heterocycles. The number of rotatable bonds is 8. The smallest absolute Gasteiger partial charge is 0.295 e. The first-order chi connectivity index (χ1) is 16.9. The minimum absolute atomic E-state index is 0.0308. The van der Waals surface area contributed by atoms with Crippen molar-refractivity contribution in [2.24, 2.45) is 0 Å². The van der Waals surface area contributed by atoms with Gasteiger partial charge in [-0.3, -0.25) is 14.6 Å². The molecule has 1 aromatic heterocycles. The van der Waals surface area contributed by atoms with Crippen molar-refractivity contribution in [2.75, 3.05) is 13.7 Å². The highest BCUT2D eigenvalue weighted by molar-refractivity contribution is 6.46. The molecule has 0 unspecified atom stereocenters. The summed E-state index contributed by atoms with van der Waals surface area (Å²) in [6.07, 6.45) is 4.94. The van der Waals surface area contributed by atoms with Crippen LogP contribution >= 0.6 is 0 Å². The Morgan fingerprint density at radius 3 is 2.57 bits per heavy atom. The van der Waals surface area contributed by atoms with Gasteiger partial charge >= 0.3 is 0 Å². The van der Waals surface area contributed by atoms with Gasteiger partial charge in [-0.2, -0.15) is 0 Å². The first kappa shape index (κ1) is 23.8. The number of aryl methyl sites for hydroxylation is 1. The van der Waals surface area contributed by atoms with Gasteiger partial charge in [0.05, 0.1) is 18.7 Å². The van der Waals surface area contributed by atoms with E-state index in [2.05, 4.69) is 11.6 Å². The Hall–Kier alpha value is -4.39. The Bertz CT molecular complexity index is 1280. The minimum atomic E-state index is -0.780. The third-order valence-electron chi connectivity index (χ3n) is 5.85. The number of pyridine rings is 1. The van der Waals surface area contributed by atoms with Gasteiger partial charge in [0.25, 0.3) is 11.7 Å². The highest BCUT2D eigenvalue weighted by Gasteiger charge is 2.46. The summed E-state index contributed by atoms with van der Waals surface area (Å²) in [6.45, 7) is 6.01. The molecule has 7 nitrogen and oxygen atoms in total. The zero-order valence-corrected chi connectivity index (χ0v) is 19.6. The van der Waals surface area contributed by atoms with Gasteiger partial charge in [0.15, 0.2) is 0 Å². The molecule has 0 bridgehead atoms. The highest BCUT2D eigenvalue weighted by atomic mass is 16.5. The van der Waals surface area contributed by atoms with Gasteiger partial charge in [-0.25, -0.2) is 0 Å². The van der Waals surface area contributed by atoms with E-state index in [1.54, 1.807) is 74.1 Å². The highest BCUT2D eigenvalue weighted by Crippen LogP contribution is 2.41. The molecule has 1 N–H and O–H groups in total. The van der Waals surface area contributed by atoms with Crippen LogP contribution in [-0.2, 0) is 16.1 Å². The van der Waals surface area contributed by atoms with Crippen LogP contribution < -0.4 is 9.47 Å². The fourth-order valence-corrected chi connectivity index (χ4v) is 4.13. The zero-order chi connectivity index (χ0) is 24.9. The normalized spacial score (nSPS) is 16.9. The topological polar surface area (TPSA) is 89.0 Å². The maximum absolute atomic E-state index is 13.2. The number of amides is 1. The maximum Gasteiger partial charge on any atom is 0.295 e. The molecule has 7 heteroatoms. The number of ether oxygens (including phenoxy) is 2. The number of carbonyl (C=O) groups is 2. The van der Waals surface area contributed by atoms with Crippen molar-refractivity contribution in [3.63, 3.8) is 0 Å². The fourth-order valence-electron chi connectivity index (χ4n) is 4.13. The van der Waals surface area contributed by atoms with Gasteiger partial charge in [-0.15, -0.1) is 0 Å². The molecular formula is C28H26N2O5. The van der Waals surface area contributed by atoms with Crippen molar-refractivity contribution >= 4 is 17.4 Å². The summed E-state index contributed by atoms with van der Waals surface area (Å²) in [5.74, 6) is -0.374. The lowest BCUT2D eigenvalue weighted by atomic mass is 9.94. The number of nitrogens with zero attached hydrogens (tertiary/aromatic N) is 2. The summed E-state index contributed by atoms with van der Waals surface area (Å²) >= 11 is 0. The standard InChI is InChI=1S/C28H26N2O5/c1-4-14-35-23-12-9-21(15-18(23)2)26(31)24-25(20-7-10-22(34-3)11-8-20)30(28(33)27(24)32)17-19-6-5-13-29-16-19/h4-13,15-16,25,31H,1,14,17H2,2-3H3/t25-/m1/s1. The number of likely N-dealkylation sites (tertiary alicyclic amines) is 1. The second-order valence-corrected chi connectivity index (χ2v) is 8.14. The number of benzene rings is 2. The van der Waals surface area contributed by atoms with Gasteiger partial charge in [-0.1, -0.05) is 30.9 Å². The number of methoxy groups -OCH3 is 1. The lowest BCUT2D eigenvalue weighted by molar-refractivity contribution is -0.140. The summed E-state index contributed by atoms with van der Waals surface area (Å²) in [6, 6.07) is 15.0. The number of Topliss-reactive ketones (excluding diaryl/α,β-unsaturated/α-hetero) is 1. The molecule has 0 spiro atoms. The van der Waals surface area contributed by atoms with E-state index in [1.807, 2.05) is 13.0 Å². The molecule has 2 aromatic carbocycles. The Kier molecular flexibility index (Phi) is 6.96. The van der Waals surface area contributed by atoms with E-state index in [0.717, 1.165) is 11.1 Å². The Morgan fingerprint density at radius 2 is 1.94 bits per heavy atom. The average Bonchev–Trinajstić information content (AvgIpc) is 3.13. The number of ketones is 1. The second-order valence-electron chi connectivity index (χ2n) is 8.14. The molecule has 0 radical (unpaired) electrons. The molecule has 1 fully saturated rings. The van der Waals surface area contributed by atoms with Crippen LogP contribution in [0.4, 0.5) is 0 Å². The van der Waals surface area contributed by atoms with Gasteiger partial charge in [0.2, 0.25) is 0 Å². The Morgan fingerprint density at radius 1 is 1.17 bits per heavy atom. The maximum atomic E-state index is 13.2. The predicted octanol–water partition coefficient (Wildman–Crippen LogP) is 4.59. The minimum Gasteiger partial charge on any atom is -0.507 e. The van der Waals surface area contributed by atoms with E-state index in [-0.39, 0.29) is 17.9 Å². The van der Waals surface area contributed by atoms with Crippen molar-refractivity contribution in [3.05, 3.63) is 107 Å². The van der Waals surface area contributed by atoms with Crippen molar-refractivity contribution in [1.29, 1.82) is 0 Å². The Labute approximate surface area is 203 Å². The number of carbonyl (C=O) groups excluding carboxylic acids is 2. The van der Waals surface area contributed by atoms with Crippen molar-refractivity contribution in [2.45, 2.75) is 19.5 Å². The van der Waals surface area contributed by atoms with Gasteiger partial charge in [0, 0.05) is 24.5 Å². The second kappa shape index (κ2) is 10.3. The molecule has 1 aliphatic rings. The van der Waals surface area contributed by atoms with Crippen LogP contribution in [0.25, 0.3) is 5.76 Å². The third-order valence-corrected chi connectivity index (χ3v) is 5.85. The molecule has 0 aliphatic carbocycles. The zero-order valence-electron chi connectivity index (χ0n) is 19.6. The first-order valence-corrected chi connectivity index (χ1v) is 11.1. The summed E-state index contributed by atoms with van der Waals surface area (Å²) < 4.78 is 10.9. The van der Waals surface area contributed by atoms with Crippen LogP contribution in [0.5, 0.6) is 11.5 Å². The summed E-state index contributed by atoms with van der Waals surface area (Å²) in [4.78, 5) is 32.0. The monoisotopic (exact) mass is 470 g/mol. The van der Waals surface area contributed by atoms with E-state index in [9.17, 15) is 14.7 Å². The van der Waals surface area contributed by atoms with Crippen LogP contribution in [0.15, 0.2) is 85.2 Å². The van der Waals surface area contributed by atoms with Crippen LogP contribution in [0.1, 0.15) is 28.3 Å². The van der Waals surface area contributed by atoms with Gasteiger partial charge < -0.3 is 19.5 Å². The SMILES string of the molecule is C=CCOc1ccc(C(O)=C2C(=O)C(=O)N(Cc3cccnc3)[C@@H]2c2ccc(OC)cc2)cc1C. The number of aliphatic hydroxyl groups excluding tert-OH is 1. The largest absolute Gasteiger partial charge is 0.507 e. The average molecular weight is 471 g/mol. The van der Waals surface area contributed by atoms with Crippen molar-refractivity contribution in [1.82, 2.24) is 9.88 Å². The van der Waals surface area contributed by atoms with E-state index >= 15 is 0 Å². The van der Waals surface area contributed by atoms with E-state index in [4.69, 9.17) is 9.47 Å². The molecule has 4 rings (SSSR count). The van der Waals surface area contributed by atoms with E-state index in [0.29, 0.717) is 29.2 Å². The molecule has 178 valence electrons. The third kappa shape index (κ3) is 4.80. The van der Waals surface area contributed by atoms with E-state index < -0.39 is 17.7 Å². The van der Waals surface area contributed by atoms with Crippen LogP contribution in [0.3, 0.4) is 0 Å². The number of hydrogen-bond donors (Lipinski definition) is 1. The quantitative estimate of drug-likeness (QED) is 0.224. The molecule has 1 saturated heterocycles. The molecule has 0 saturated carbocycles. The van der Waals surface area contributed by atoms with Gasteiger partial charge in [0.1, 0.15) is 23.9 Å². The lowest BCUT2D eigenvalue weighted by Crippen LogP contribution is -2.29. The molecule has 1 aliphatic heterocycles. The molecule has 3 aromatic rings. The van der Waals surface area contributed by atoms with Crippen LogP contribution in [0.2, 0.25) is 0 Å². The first-order valence-electron chi connectivity index (χ1n) is 11.1. The number of hydrogen-bond acceptors (Lipinski definition) is 6. The Balaban J connectivity index is 1.81. The summed E-state index contributed by atoms with van der Waals surface area (Å²) in [5.41, 5.74) is 2.68. The molecule has 1 amide bonds. The summed E-state index contributed by atoms with van der Waals surface area (Å²) in [5, 5.41) is 11.3. The number of aliphatic hydroxyl groups is 1. The van der Waals surface area contributed by atoms with Crippen molar-refractivity contribution in [3.8, 4) is 11.5 Å². The predicted molar refractivity (Wildman–Crippen MR) is 132 cm³/mol. The van der Waals surface area contributed by atoms with Crippen LogP contribution in [-0.4, -0.2) is 40.4 Å². The fraction of sp³-hybridized carbons (Fsp3) is 0.179. The summed E-state index contributed by atoms with van der Waals surface area (Å²) in [7, 11) is 1.56. The van der Waals surface area contributed by atoms with E-state index in [1.165, 1.54) is 4.90 Å². The molecular weight excluding hydrogens is 444 g/mol. The van der Waals surface area contributed by atoms with Gasteiger partial charge in [-0.05, 0) is 60.0 Å². The van der Waals surface area contributed by atoms with Crippen molar-refractivity contribution < 1.29 is 24.2 Å². The number of aromatic nitrogens is 1. The lowest BCUT2D eigenvalue weighted by Gasteiger charge is -2.25. The molecule has 1 atom stereocenters. The molecule has 35 heavy (non-hydrogen) atoms. The van der Waals surface area contributed by atoms with Crippen LogP contribution in [0, 0.1) is 6.92 Å².